The summed E-state index contributed by atoms with van der Waals surface area (Å²) in [5.74, 6) is 0.725. The quantitative estimate of drug-likeness (QED) is 0.277. The molecule has 1 aromatic heterocycles. The third-order valence-electron chi connectivity index (χ3n) is 12.0. The molecule has 5 aliphatic heterocycles. The number of nitrogens with zero attached hydrogens (tertiary/aromatic N) is 6. The van der Waals surface area contributed by atoms with Crippen molar-refractivity contribution in [3.63, 3.8) is 0 Å². The number of rotatable bonds is 7. The largest absolute Gasteiger partial charge is 0.495 e. The van der Waals surface area contributed by atoms with E-state index in [9.17, 15) is 9.59 Å². The number of methoxy groups -OCH3 is 1. The van der Waals surface area contributed by atoms with Crippen LogP contribution in [0.1, 0.15) is 65.2 Å². The van der Waals surface area contributed by atoms with Crippen molar-refractivity contribution in [2.75, 3.05) is 68.5 Å². The number of aromatic nitrogens is 2. The highest BCUT2D eigenvalue weighted by Gasteiger charge is 2.40. The summed E-state index contributed by atoms with van der Waals surface area (Å²) in [7, 11) is 3.61. The maximum atomic E-state index is 12.6. The molecule has 11 nitrogen and oxygen atoms in total. The molecular formula is C39H52N8O3. The van der Waals surface area contributed by atoms with Crippen LogP contribution >= 0.6 is 0 Å². The van der Waals surface area contributed by atoms with Crippen molar-refractivity contribution < 1.29 is 17.1 Å². The molecule has 5 aliphatic rings. The number of carbonyl (C=O) groups is 2. The topological polar surface area (TPSA) is 112 Å². The van der Waals surface area contributed by atoms with E-state index in [1.165, 1.54) is 19.3 Å². The summed E-state index contributed by atoms with van der Waals surface area (Å²) in [5, 5.41) is 6.81. The predicted molar refractivity (Wildman–Crippen MR) is 196 cm³/mol. The molecule has 0 aliphatic carbocycles. The summed E-state index contributed by atoms with van der Waals surface area (Å²) in [5.41, 5.74) is 13.3. The van der Waals surface area contributed by atoms with Crippen LogP contribution in [0.25, 0.3) is 11.1 Å². The van der Waals surface area contributed by atoms with Crippen molar-refractivity contribution in [3.05, 3.63) is 53.9 Å². The number of aryl methyl sites for hydroxylation is 1. The number of likely N-dealkylation sites (tertiary alicyclic amines) is 1. The maximum Gasteiger partial charge on any atom is 0.243 e. The molecule has 4 saturated heterocycles. The average Bonchev–Trinajstić information content (AvgIpc) is 3.69. The van der Waals surface area contributed by atoms with E-state index in [0.29, 0.717) is 29.2 Å². The highest BCUT2D eigenvalue weighted by atomic mass is 16.5. The fraction of sp³-hybridized carbons (Fsp3) is 0.564. The molecule has 2 amide bonds. The van der Waals surface area contributed by atoms with Crippen LogP contribution < -0.4 is 25.6 Å². The zero-order chi connectivity index (χ0) is 36.1. The molecule has 2 aromatic carbocycles. The minimum absolute atomic E-state index is 0.245. The van der Waals surface area contributed by atoms with Gasteiger partial charge in [-0.2, -0.15) is 5.10 Å². The van der Waals surface area contributed by atoms with Gasteiger partial charge in [0, 0.05) is 96.7 Å². The lowest BCUT2D eigenvalue weighted by Gasteiger charge is -2.49. The summed E-state index contributed by atoms with van der Waals surface area (Å²) in [6.07, 6.45) is 11.7. The zero-order valence-corrected chi connectivity index (χ0v) is 29.4. The van der Waals surface area contributed by atoms with Crippen molar-refractivity contribution in [2.45, 2.75) is 70.5 Å². The van der Waals surface area contributed by atoms with Crippen molar-refractivity contribution in [3.8, 4) is 16.9 Å². The summed E-state index contributed by atoms with van der Waals surface area (Å²) in [6, 6.07) is 9.68. The molecule has 0 saturated carbocycles. The Morgan fingerprint density at radius 2 is 1.80 bits per heavy atom. The molecule has 0 radical (unpaired) electrons. The molecule has 3 aromatic rings. The van der Waals surface area contributed by atoms with Crippen LogP contribution in [0.2, 0.25) is 0 Å². The van der Waals surface area contributed by atoms with E-state index in [1.54, 1.807) is 12.0 Å². The molecule has 3 unspecified atom stereocenters. The number of fused-ring (bicyclic) bond motifs is 1. The number of nitrogens with one attached hydrogen (secondary N) is 1. The van der Waals surface area contributed by atoms with Gasteiger partial charge in [-0.25, -0.2) is 0 Å². The molecular weight excluding hydrogens is 628 g/mol. The van der Waals surface area contributed by atoms with Gasteiger partial charge in [-0.1, -0.05) is 6.07 Å². The smallest absolute Gasteiger partial charge is 0.243 e. The maximum absolute atomic E-state index is 12.6. The number of hydrogen-bond donors (Lipinski definition) is 2. The van der Waals surface area contributed by atoms with Crippen LogP contribution in [0, 0.1) is 11.3 Å². The molecule has 4 fully saturated rings. The third kappa shape index (κ3) is 6.57. The Bertz CT molecular complexity index is 1820. The van der Waals surface area contributed by atoms with Crippen LogP contribution in [-0.4, -0.2) is 90.4 Å². The molecule has 0 bridgehead atoms. The van der Waals surface area contributed by atoms with Crippen LogP contribution in [-0.2, 0) is 29.7 Å². The molecule has 1 spiro atoms. The number of nitrogens with two attached hydrogens (primary N) is 1. The number of piperidine rings is 4. The Hall–Kier alpha value is -4.09. The molecule has 11 heteroatoms. The zero-order valence-electron chi connectivity index (χ0n) is 31.4. The van der Waals surface area contributed by atoms with E-state index >= 15 is 0 Å². The Morgan fingerprint density at radius 3 is 2.54 bits per heavy atom. The average molecular weight is 683 g/mol. The number of benzene rings is 2. The lowest BCUT2D eigenvalue weighted by molar-refractivity contribution is -0.137. The van der Waals surface area contributed by atoms with E-state index in [-0.39, 0.29) is 18.2 Å². The van der Waals surface area contributed by atoms with Crippen LogP contribution in [0.5, 0.6) is 5.75 Å². The first-order chi connectivity index (χ1) is 25.1. The summed E-state index contributed by atoms with van der Waals surface area (Å²) in [6.45, 7) is 5.86. The second-order valence-electron chi connectivity index (χ2n) is 15.3. The van der Waals surface area contributed by atoms with Gasteiger partial charge < -0.3 is 25.2 Å². The van der Waals surface area contributed by atoms with Crippen LogP contribution in [0.3, 0.4) is 0 Å². The predicted octanol–water partition coefficient (Wildman–Crippen LogP) is 4.40. The van der Waals surface area contributed by atoms with Gasteiger partial charge >= 0.3 is 0 Å². The van der Waals surface area contributed by atoms with E-state index < -0.39 is 19.1 Å². The van der Waals surface area contributed by atoms with E-state index in [0.717, 1.165) is 98.7 Å². The minimum atomic E-state index is -0.798. The number of carbonyl (C=O) groups excluding carboxylic acids is 2. The summed E-state index contributed by atoms with van der Waals surface area (Å²) >= 11 is 0. The van der Waals surface area contributed by atoms with Crippen LogP contribution in [0.4, 0.5) is 17.1 Å². The Labute approximate surface area is 298 Å². The third-order valence-corrected chi connectivity index (χ3v) is 12.0. The Morgan fingerprint density at radius 1 is 1.00 bits per heavy atom. The lowest BCUT2D eigenvalue weighted by Crippen LogP contribution is -2.51. The fourth-order valence-electron chi connectivity index (χ4n) is 9.08. The molecule has 3 atom stereocenters. The second-order valence-corrected chi connectivity index (χ2v) is 15.3. The first kappa shape index (κ1) is 30.7. The molecule has 50 heavy (non-hydrogen) atoms. The number of ether oxygens (including phenoxy) is 1. The van der Waals surface area contributed by atoms with Crippen molar-refractivity contribution >= 4 is 28.9 Å². The van der Waals surface area contributed by atoms with Gasteiger partial charge in [0.1, 0.15) is 5.75 Å². The van der Waals surface area contributed by atoms with Crippen LogP contribution in [0.15, 0.2) is 42.7 Å². The van der Waals surface area contributed by atoms with E-state index in [1.807, 2.05) is 36.3 Å². The first-order valence-corrected chi connectivity index (χ1v) is 18.4. The fourth-order valence-corrected chi connectivity index (χ4v) is 9.08. The minimum Gasteiger partial charge on any atom is -0.495 e. The molecule has 6 heterocycles. The second kappa shape index (κ2) is 13.6. The summed E-state index contributed by atoms with van der Waals surface area (Å²) < 4.78 is 25.4. The van der Waals surface area contributed by atoms with Gasteiger partial charge in [0.05, 0.1) is 25.0 Å². The van der Waals surface area contributed by atoms with Crippen molar-refractivity contribution in [1.82, 2.24) is 24.9 Å². The van der Waals surface area contributed by atoms with Crippen molar-refractivity contribution in [2.24, 2.45) is 18.4 Å². The molecule has 8 rings (SSSR count). The number of nitrogen functional groups attached to an aromatic ring is 1. The summed E-state index contributed by atoms with van der Waals surface area (Å²) in [4.78, 5) is 33.7. The SMILES string of the molecule is [2H]C1c2ccc(N3CCCC4(CCN(CC5CCN(c6cc(OC)c(N)cc6-c6cnn(C)c6)CC5)CC4)C3)cc2C([2H])N1C1CCC(=O)NC1=O. The number of imide groups is 1. The Balaban J connectivity index is 0.867. The number of amides is 2. The highest BCUT2D eigenvalue weighted by Crippen LogP contribution is 2.43. The first-order valence-electron chi connectivity index (χ1n) is 19.5. The van der Waals surface area contributed by atoms with Gasteiger partial charge in [0.2, 0.25) is 11.8 Å². The lowest BCUT2D eigenvalue weighted by atomic mass is 9.72. The van der Waals surface area contributed by atoms with Gasteiger partial charge in [-0.15, -0.1) is 0 Å². The van der Waals surface area contributed by atoms with Gasteiger partial charge in [0.25, 0.3) is 0 Å². The number of anilines is 3. The van der Waals surface area contributed by atoms with Crippen molar-refractivity contribution in [1.29, 1.82) is 0 Å². The Kier molecular flexibility index (Phi) is 8.33. The molecule has 266 valence electrons. The standard InChI is InChI=1S/C39H52N8O3/c1-43-23-30(21-41-43)32-19-33(40)36(50-2)20-35(32)45-14-8-27(9-15-45)22-44-16-11-39(12-17-44)10-3-13-46(26-39)31-5-4-28-24-47(25-29(28)18-31)34-6-7-37(48)42-38(34)49/h4-5,18-21,23,27,34H,3,6-17,22,24-26,40H2,1-2H3,(H,42,48,49)/i24D,25D. The van der Waals surface area contributed by atoms with Gasteiger partial charge in [-0.05, 0) is 98.7 Å². The van der Waals surface area contributed by atoms with Gasteiger partial charge in [-0.3, -0.25) is 24.5 Å². The van der Waals surface area contributed by atoms with E-state index in [4.69, 9.17) is 13.2 Å². The molecule has 3 N–H and O–H groups in total. The normalized spacial score (nSPS) is 26.9. The monoisotopic (exact) mass is 682 g/mol. The van der Waals surface area contributed by atoms with E-state index in [2.05, 4.69) is 43.3 Å². The highest BCUT2D eigenvalue weighted by molar-refractivity contribution is 6.00. The van der Waals surface area contributed by atoms with Gasteiger partial charge in [0.15, 0.2) is 0 Å². The number of hydrogen-bond acceptors (Lipinski definition) is 9.